The maximum absolute atomic E-state index is 13.4. The second-order valence-corrected chi connectivity index (χ2v) is 9.89. The first-order valence-electron chi connectivity index (χ1n) is 15.4. The topological polar surface area (TPSA) is 113 Å². The van der Waals surface area contributed by atoms with E-state index in [-0.39, 0.29) is 5.83 Å². The third-order valence-corrected chi connectivity index (χ3v) is 6.95. The number of morpholine rings is 1. The first-order chi connectivity index (χ1) is 22.0. The van der Waals surface area contributed by atoms with Gasteiger partial charge in [0.2, 0.25) is 0 Å². The third kappa shape index (κ3) is 11.6. The van der Waals surface area contributed by atoms with E-state index >= 15 is 0 Å². The molecular formula is C34H47FN6O4. The van der Waals surface area contributed by atoms with E-state index in [1.807, 2.05) is 59.0 Å². The van der Waals surface area contributed by atoms with Crippen molar-refractivity contribution in [2.24, 2.45) is 0 Å². The molecule has 244 valence electrons. The largest absolute Gasteiger partial charge is 0.455 e. The summed E-state index contributed by atoms with van der Waals surface area (Å²) in [6.07, 6.45) is 19.8. The number of amides is 1. The van der Waals surface area contributed by atoms with Crippen LogP contribution in [-0.2, 0) is 14.2 Å². The highest BCUT2D eigenvalue weighted by molar-refractivity contribution is 5.91. The van der Waals surface area contributed by atoms with Crippen LogP contribution in [-0.4, -0.2) is 67.1 Å². The fraction of sp³-hybridized carbons (Fsp3) is 0.441. The van der Waals surface area contributed by atoms with Crippen molar-refractivity contribution in [2.75, 3.05) is 57.1 Å². The summed E-state index contributed by atoms with van der Waals surface area (Å²) in [6, 6.07) is 0. The minimum absolute atomic E-state index is 0.158. The first-order valence-corrected chi connectivity index (χ1v) is 15.4. The molecule has 45 heavy (non-hydrogen) atoms. The summed E-state index contributed by atoms with van der Waals surface area (Å²) >= 11 is 0. The van der Waals surface area contributed by atoms with Crippen molar-refractivity contribution < 1.29 is 23.4 Å². The number of rotatable bonds is 7. The standard InChI is InChI=1S/C17H25N5O3.C14H15FO.C2H6.CHN/c1-12-10-19-22-11-14(13(2)16(22)15(12)18-3)20-17(23)25-9-6-21-4-7-24-8-5-21;15-13-10-6-7-11-14(13)16-12-8-4-2-1-3-5-9-12;2*1-2/h10-11,18H,4-9H2,1-3H3,(H,20,23);1-2,5,7-9,11H,3-4,6,10H2;1-2H3;1H/b;2-1-,9-5?,12-8+;;. The summed E-state index contributed by atoms with van der Waals surface area (Å²) in [6.45, 7) is 15.8. The van der Waals surface area contributed by atoms with Gasteiger partial charge in [-0.05, 0) is 56.9 Å². The van der Waals surface area contributed by atoms with Crippen molar-refractivity contribution in [1.82, 2.24) is 14.5 Å². The lowest BCUT2D eigenvalue weighted by atomic mass is 10.1. The van der Waals surface area contributed by atoms with Crippen LogP contribution >= 0.6 is 0 Å². The zero-order valence-corrected chi connectivity index (χ0v) is 27.1. The van der Waals surface area contributed by atoms with Crippen LogP contribution in [0.15, 0.2) is 72.3 Å². The molecule has 11 heteroatoms. The lowest BCUT2D eigenvalue weighted by Gasteiger charge is -2.26. The van der Waals surface area contributed by atoms with Crippen molar-refractivity contribution in [2.45, 2.75) is 53.4 Å². The summed E-state index contributed by atoms with van der Waals surface area (Å²) in [5.74, 6) is 0.919. The molecule has 0 unspecified atom stereocenters. The molecule has 2 aliphatic carbocycles. The number of allylic oxidation sites excluding steroid dienone is 8. The van der Waals surface area contributed by atoms with Crippen molar-refractivity contribution in [3.05, 3.63) is 83.4 Å². The minimum atomic E-state index is -0.449. The predicted octanol–water partition coefficient (Wildman–Crippen LogP) is 7.36. The summed E-state index contributed by atoms with van der Waals surface area (Å²) in [5, 5.41) is 16.9. The Morgan fingerprint density at radius 2 is 1.84 bits per heavy atom. The van der Waals surface area contributed by atoms with Gasteiger partial charge in [0.25, 0.3) is 0 Å². The van der Waals surface area contributed by atoms with Crippen LogP contribution < -0.4 is 10.6 Å². The number of fused-ring (bicyclic) bond motifs is 1. The summed E-state index contributed by atoms with van der Waals surface area (Å²) in [7, 11) is 1.88. The Bertz CT molecular complexity index is 1400. The normalized spacial score (nSPS) is 17.8. The lowest BCUT2D eigenvalue weighted by molar-refractivity contribution is 0.0290. The summed E-state index contributed by atoms with van der Waals surface area (Å²) in [5.41, 5.74) is 4.65. The van der Waals surface area contributed by atoms with Gasteiger partial charge in [0.05, 0.1) is 42.5 Å². The van der Waals surface area contributed by atoms with Crippen LogP contribution in [0.4, 0.5) is 20.6 Å². The maximum atomic E-state index is 13.4. The van der Waals surface area contributed by atoms with E-state index in [0.717, 1.165) is 80.2 Å². The zero-order chi connectivity index (χ0) is 33.0. The van der Waals surface area contributed by atoms with Crippen molar-refractivity contribution in [3.8, 4) is 6.57 Å². The Hall–Kier alpha value is -4.40. The molecule has 1 fully saturated rings. The number of carbonyl (C=O) groups is 1. The molecule has 1 amide bonds. The summed E-state index contributed by atoms with van der Waals surface area (Å²) in [4.78, 5) is 14.3. The van der Waals surface area contributed by atoms with Crippen LogP contribution in [0.1, 0.15) is 50.7 Å². The molecule has 0 saturated carbocycles. The Morgan fingerprint density at radius 1 is 1.11 bits per heavy atom. The molecule has 3 heterocycles. The molecule has 0 spiro atoms. The fourth-order valence-electron chi connectivity index (χ4n) is 4.67. The zero-order valence-electron chi connectivity index (χ0n) is 27.1. The molecule has 0 aromatic carbocycles. The van der Waals surface area contributed by atoms with Gasteiger partial charge in [-0.25, -0.2) is 19.0 Å². The average molecular weight is 623 g/mol. The van der Waals surface area contributed by atoms with Crippen LogP contribution in [0.3, 0.4) is 0 Å². The van der Waals surface area contributed by atoms with Gasteiger partial charge in [0.15, 0.2) is 5.76 Å². The van der Waals surface area contributed by atoms with Crippen molar-refractivity contribution in [1.29, 1.82) is 5.26 Å². The van der Waals surface area contributed by atoms with Gasteiger partial charge in [-0.1, -0.05) is 38.2 Å². The number of carbonyl (C=O) groups excluding carboxylic acids is 1. The van der Waals surface area contributed by atoms with Gasteiger partial charge in [-0.3, -0.25) is 10.2 Å². The first kappa shape index (κ1) is 36.8. The molecule has 0 bridgehead atoms. The monoisotopic (exact) mass is 622 g/mol. The van der Waals surface area contributed by atoms with Gasteiger partial charge < -0.3 is 19.5 Å². The Labute approximate surface area is 266 Å². The van der Waals surface area contributed by atoms with Gasteiger partial charge in [0, 0.05) is 45.2 Å². The van der Waals surface area contributed by atoms with E-state index in [4.69, 9.17) is 19.5 Å². The van der Waals surface area contributed by atoms with E-state index in [1.54, 1.807) is 23.0 Å². The number of hydrogen-bond acceptors (Lipinski definition) is 8. The number of halogens is 1. The van der Waals surface area contributed by atoms with Crippen LogP contribution in [0.5, 0.6) is 0 Å². The Morgan fingerprint density at radius 3 is 2.56 bits per heavy atom. The van der Waals surface area contributed by atoms with E-state index in [9.17, 15) is 9.18 Å². The molecule has 5 rings (SSSR count). The highest BCUT2D eigenvalue weighted by Crippen LogP contribution is 2.29. The molecule has 2 N–H and O–H groups in total. The van der Waals surface area contributed by atoms with Crippen LogP contribution in [0, 0.1) is 25.7 Å². The molecule has 0 atom stereocenters. The molecule has 0 radical (unpaired) electrons. The number of hydrogen-bond donors (Lipinski definition) is 2. The number of ether oxygens (including phenoxy) is 3. The number of nitriles is 1. The lowest BCUT2D eigenvalue weighted by Crippen LogP contribution is -2.38. The number of aryl methyl sites for hydroxylation is 2. The van der Waals surface area contributed by atoms with Gasteiger partial charge in [0.1, 0.15) is 18.2 Å². The predicted molar refractivity (Wildman–Crippen MR) is 178 cm³/mol. The quantitative estimate of drug-likeness (QED) is 0.308. The Balaban J connectivity index is 0.000000304. The fourth-order valence-corrected chi connectivity index (χ4v) is 4.67. The third-order valence-electron chi connectivity index (χ3n) is 6.95. The van der Waals surface area contributed by atoms with Crippen molar-refractivity contribution in [3.63, 3.8) is 0 Å². The van der Waals surface area contributed by atoms with Gasteiger partial charge in [-0.15, -0.1) is 0 Å². The van der Waals surface area contributed by atoms with Gasteiger partial charge in [-0.2, -0.15) is 5.10 Å². The van der Waals surface area contributed by atoms with Crippen molar-refractivity contribution >= 4 is 23.0 Å². The Kier molecular flexibility index (Phi) is 16.8. The number of nitrogens with zero attached hydrogens (tertiary/aromatic N) is 4. The molecule has 2 aromatic heterocycles. The van der Waals surface area contributed by atoms with Crippen LogP contribution in [0.2, 0.25) is 0 Å². The molecule has 3 aliphatic rings. The molecule has 10 nitrogen and oxygen atoms in total. The average Bonchev–Trinajstić information content (AvgIpc) is 3.36. The number of aromatic nitrogens is 2. The number of anilines is 2. The van der Waals surface area contributed by atoms with E-state index < -0.39 is 6.09 Å². The molecule has 2 aromatic rings. The van der Waals surface area contributed by atoms with E-state index in [1.165, 1.54) is 0 Å². The highest BCUT2D eigenvalue weighted by atomic mass is 19.1. The van der Waals surface area contributed by atoms with E-state index in [2.05, 4.69) is 39.4 Å². The minimum Gasteiger partial charge on any atom is -0.455 e. The highest BCUT2D eigenvalue weighted by Gasteiger charge is 2.16. The maximum Gasteiger partial charge on any atom is 0.411 e. The molecule has 1 aliphatic heterocycles. The molecular weight excluding hydrogens is 575 g/mol. The summed E-state index contributed by atoms with van der Waals surface area (Å²) < 4.78 is 31.3. The van der Waals surface area contributed by atoms with Gasteiger partial charge >= 0.3 is 6.09 Å². The smallest absolute Gasteiger partial charge is 0.411 e. The SMILES string of the molecule is C#N.CC.CNc1c(C)cnn2cc(NC(=O)OCCN3CCOCC3)c(C)c12.FC1=C(O/C2=C/C/C=C\CC=C2)C=CCC1. The second-order valence-electron chi connectivity index (χ2n) is 9.89. The van der Waals surface area contributed by atoms with E-state index in [0.29, 0.717) is 24.5 Å². The second kappa shape index (κ2) is 20.5. The molecule has 1 saturated heterocycles. The number of nitrogens with one attached hydrogen (secondary N) is 2. The van der Waals surface area contributed by atoms with Crippen LogP contribution in [0.25, 0.3) is 5.52 Å².